The van der Waals surface area contributed by atoms with E-state index in [1.165, 1.54) is 33.0 Å². The van der Waals surface area contributed by atoms with E-state index in [0.717, 1.165) is 15.1 Å². The minimum atomic E-state index is -0.242. The van der Waals surface area contributed by atoms with Crippen molar-refractivity contribution in [1.29, 1.82) is 0 Å². The zero-order valence-corrected chi connectivity index (χ0v) is 8.81. The van der Waals surface area contributed by atoms with Crippen LogP contribution in [0.1, 0.15) is 0 Å². The summed E-state index contributed by atoms with van der Waals surface area (Å²) in [5.41, 5.74) is 1.66. The number of halogens is 1. The molecule has 5 heteroatoms. The highest BCUT2D eigenvalue weighted by Gasteiger charge is 2.03. The summed E-state index contributed by atoms with van der Waals surface area (Å²) in [5, 5.41) is 0. The van der Waals surface area contributed by atoms with Gasteiger partial charge in [-0.3, -0.25) is 0 Å². The van der Waals surface area contributed by atoms with Crippen molar-refractivity contribution in [3.63, 3.8) is 0 Å². The second-order valence-electron chi connectivity index (χ2n) is 2.39. The van der Waals surface area contributed by atoms with Crippen molar-refractivity contribution in [2.75, 3.05) is 0 Å². The Morgan fingerprint density at radius 1 is 1.23 bits per heavy atom. The molecule has 0 aliphatic heterocycles. The minimum Gasteiger partial charge on any atom is -0.207 e. The van der Waals surface area contributed by atoms with Crippen molar-refractivity contribution in [3.05, 3.63) is 33.9 Å². The van der Waals surface area contributed by atoms with Crippen molar-refractivity contribution in [2.45, 2.75) is 0 Å². The van der Waals surface area contributed by atoms with Gasteiger partial charge in [-0.2, -0.15) is 4.37 Å². The van der Waals surface area contributed by atoms with E-state index in [9.17, 15) is 4.39 Å². The number of nitrogens with zero attached hydrogens (tertiary/aromatic N) is 1. The van der Waals surface area contributed by atoms with Crippen molar-refractivity contribution < 1.29 is 4.39 Å². The summed E-state index contributed by atoms with van der Waals surface area (Å²) in [6.07, 6.45) is 0. The SMILES string of the molecule is Fc1ccc(-c2nssc2=S)cc1. The van der Waals surface area contributed by atoms with E-state index in [2.05, 4.69) is 4.37 Å². The Labute approximate surface area is 87.0 Å². The topological polar surface area (TPSA) is 12.9 Å². The van der Waals surface area contributed by atoms with Gasteiger partial charge in [0.1, 0.15) is 15.3 Å². The fraction of sp³-hybridized carbons (Fsp3) is 0. The second-order valence-corrected chi connectivity index (χ2v) is 4.91. The summed E-state index contributed by atoms with van der Waals surface area (Å²) in [6.45, 7) is 0. The van der Waals surface area contributed by atoms with Gasteiger partial charge in [-0.15, -0.1) is 0 Å². The summed E-state index contributed by atoms with van der Waals surface area (Å²) in [7, 11) is 2.81. The molecule has 2 rings (SSSR count). The molecule has 0 amide bonds. The number of rotatable bonds is 1. The van der Waals surface area contributed by atoms with E-state index < -0.39 is 0 Å². The first-order valence-corrected chi connectivity index (χ1v) is 6.01. The molecule has 0 saturated carbocycles. The first kappa shape index (κ1) is 8.93. The Balaban J connectivity index is 2.54. The summed E-state index contributed by atoms with van der Waals surface area (Å²) in [4.78, 5) is 0. The van der Waals surface area contributed by atoms with Crippen LogP contribution in [-0.4, -0.2) is 4.37 Å². The van der Waals surface area contributed by atoms with Crippen molar-refractivity contribution in [2.24, 2.45) is 0 Å². The molecule has 66 valence electrons. The molecule has 1 nitrogen and oxygen atoms in total. The molecule has 0 spiro atoms. The molecule has 0 N–H and O–H groups in total. The quantitative estimate of drug-likeness (QED) is 0.546. The normalized spacial score (nSPS) is 10.2. The van der Waals surface area contributed by atoms with Gasteiger partial charge >= 0.3 is 0 Å². The van der Waals surface area contributed by atoms with Gasteiger partial charge in [0.2, 0.25) is 0 Å². The number of hydrogen-bond donors (Lipinski definition) is 0. The number of aromatic nitrogens is 1. The van der Waals surface area contributed by atoms with E-state index in [-0.39, 0.29) is 5.82 Å². The van der Waals surface area contributed by atoms with E-state index in [0.29, 0.717) is 0 Å². The van der Waals surface area contributed by atoms with Gasteiger partial charge in [0, 0.05) is 16.1 Å². The molecule has 0 aliphatic rings. The van der Waals surface area contributed by atoms with Crippen LogP contribution in [0, 0.1) is 9.64 Å². The monoisotopic (exact) mass is 229 g/mol. The Kier molecular flexibility index (Phi) is 2.48. The summed E-state index contributed by atoms with van der Waals surface area (Å²) < 4.78 is 17.5. The van der Waals surface area contributed by atoms with E-state index in [4.69, 9.17) is 12.2 Å². The third-order valence-electron chi connectivity index (χ3n) is 1.55. The van der Waals surface area contributed by atoms with Crippen molar-refractivity contribution in [3.8, 4) is 11.3 Å². The average molecular weight is 229 g/mol. The van der Waals surface area contributed by atoms with Crippen LogP contribution in [-0.2, 0) is 0 Å². The van der Waals surface area contributed by atoms with Gasteiger partial charge in [-0.25, -0.2) is 4.39 Å². The highest BCUT2D eigenvalue weighted by Crippen LogP contribution is 2.24. The zero-order chi connectivity index (χ0) is 9.26. The molecule has 0 unspecified atom stereocenters. The lowest BCUT2D eigenvalue weighted by atomic mass is 10.2. The summed E-state index contributed by atoms with van der Waals surface area (Å²) in [6, 6.07) is 6.20. The largest absolute Gasteiger partial charge is 0.207 e. The molecule has 0 radical (unpaired) electrons. The maximum Gasteiger partial charge on any atom is 0.129 e. The molecule has 1 aromatic heterocycles. The fourth-order valence-corrected chi connectivity index (χ4v) is 2.89. The molecule has 0 aliphatic carbocycles. The van der Waals surface area contributed by atoms with Crippen LogP contribution >= 0.6 is 33.1 Å². The van der Waals surface area contributed by atoms with Crippen LogP contribution in [0.25, 0.3) is 11.3 Å². The molecular weight excluding hydrogens is 225 g/mol. The molecule has 0 saturated heterocycles. The standard InChI is InChI=1S/C8H4FNS3/c9-6-3-1-5(2-4-6)7-8(11)12-13-10-7/h1-4H. The lowest BCUT2D eigenvalue weighted by Gasteiger charge is -1.93. The van der Waals surface area contributed by atoms with Crippen LogP contribution in [0.4, 0.5) is 4.39 Å². The predicted molar refractivity (Wildman–Crippen MR) is 56.2 cm³/mol. The van der Waals surface area contributed by atoms with Gasteiger partial charge in [0.15, 0.2) is 0 Å². The first-order valence-electron chi connectivity index (χ1n) is 3.49. The zero-order valence-electron chi connectivity index (χ0n) is 6.36. The van der Waals surface area contributed by atoms with Crippen molar-refractivity contribution >= 4 is 33.1 Å². The molecule has 0 bridgehead atoms. The van der Waals surface area contributed by atoms with E-state index in [1.807, 2.05) is 0 Å². The third-order valence-corrected chi connectivity index (χ3v) is 3.94. The molecule has 13 heavy (non-hydrogen) atoms. The van der Waals surface area contributed by atoms with Crippen LogP contribution < -0.4 is 0 Å². The first-order chi connectivity index (χ1) is 6.27. The highest BCUT2D eigenvalue weighted by atomic mass is 32.9. The number of hydrogen-bond acceptors (Lipinski definition) is 4. The lowest BCUT2D eigenvalue weighted by Crippen LogP contribution is -1.78. The molecule has 1 aromatic carbocycles. The maximum absolute atomic E-state index is 12.6. The van der Waals surface area contributed by atoms with Gasteiger partial charge in [-0.05, 0) is 34.6 Å². The third kappa shape index (κ3) is 1.82. The second kappa shape index (κ2) is 3.61. The Morgan fingerprint density at radius 3 is 2.46 bits per heavy atom. The molecule has 0 atom stereocenters. The Hall–Kier alpha value is -0.650. The van der Waals surface area contributed by atoms with E-state index in [1.54, 1.807) is 12.1 Å². The smallest absolute Gasteiger partial charge is 0.129 e. The van der Waals surface area contributed by atoms with Crippen LogP contribution in [0.2, 0.25) is 0 Å². The highest BCUT2D eigenvalue weighted by molar-refractivity contribution is 7.79. The summed E-state index contributed by atoms with van der Waals surface area (Å²) >= 11 is 5.07. The van der Waals surface area contributed by atoms with Gasteiger partial charge in [-0.1, -0.05) is 12.2 Å². The fourth-order valence-electron chi connectivity index (χ4n) is 0.945. The summed E-state index contributed by atoms with van der Waals surface area (Å²) in [5.74, 6) is -0.242. The van der Waals surface area contributed by atoms with E-state index >= 15 is 0 Å². The molecule has 1 heterocycles. The van der Waals surface area contributed by atoms with Crippen molar-refractivity contribution in [1.82, 2.24) is 4.37 Å². The maximum atomic E-state index is 12.6. The molecule has 2 aromatic rings. The van der Waals surface area contributed by atoms with Gasteiger partial charge < -0.3 is 0 Å². The van der Waals surface area contributed by atoms with Crippen LogP contribution in [0.5, 0.6) is 0 Å². The van der Waals surface area contributed by atoms with Crippen LogP contribution in [0.3, 0.4) is 0 Å². The predicted octanol–water partition coefficient (Wildman–Crippen LogP) is 3.74. The Bertz CT molecular complexity index is 457. The average Bonchev–Trinajstić information content (AvgIpc) is 2.53. The molecule has 0 fully saturated rings. The Morgan fingerprint density at radius 2 is 1.92 bits per heavy atom. The number of benzene rings is 1. The van der Waals surface area contributed by atoms with Crippen LogP contribution in [0.15, 0.2) is 24.3 Å². The van der Waals surface area contributed by atoms with Gasteiger partial charge in [0.05, 0.1) is 0 Å². The van der Waals surface area contributed by atoms with Gasteiger partial charge in [0.25, 0.3) is 0 Å². The minimum absolute atomic E-state index is 0.242. The lowest BCUT2D eigenvalue weighted by molar-refractivity contribution is 0.628. The molecular formula is C8H4FNS3.